The van der Waals surface area contributed by atoms with Gasteiger partial charge in [0.05, 0.1) is 13.2 Å². The minimum atomic E-state index is -0.602. The van der Waals surface area contributed by atoms with Crippen LogP contribution in [0.4, 0.5) is 0 Å². The number of carbonyl (C=O) groups is 2. The lowest BCUT2D eigenvalue weighted by Crippen LogP contribution is -2.44. The molecule has 0 spiro atoms. The SMILES string of the molecule is COC(=O)CN(C)C(=O)C(N)CCc1ccccc1. The Morgan fingerprint density at radius 1 is 1.32 bits per heavy atom. The highest BCUT2D eigenvalue weighted by molar-refractivity contribution is 5.85. The average molecular weight is 264 g/mol. The highest BCUT2D eigenvalue weighted by Gasteiger charge is 2.19. The van der Waals surface area contributed by atoms with Crippen molar-refractivity contribution in [2.45, 2.75) is 18.9 Å². The lowest BCUT2D eigenvalue weighted by Gasteiger charge is -2.20. The number of hydrogen-bond acceptors (Lipinski definition) is 4. The molecule has 2 N–H and O–H groups in total. The molecule has 0 heterocycles. The van der Waals surface area contributed by atoms with Gasteiger partial charge in [0.25, 0.3) is 0 Å². The van der Waals surface area contributed by atoms with E-state index in [2.05, 4.69) is 4.74 Å². The number of nitrogens with zero attached hydrogens (tertiary/aromatic N) is 1. The van der Waals surface area contributed by atoms with E-state index in [4.69, 9.17) is 5.73 Å². The van der Waals surface area contributed by atoms with Gasteiger partial charge in [0.15, 0.2) is 0 Å². The van der Waals surface area contributed by atoms with Gasteiger partial charge in [0, 0.05) is 7.05 Å². The fourth-order valence-electron chi connectivity index (χ4n) is 1.71. The lowest BCUT2D eigenvalue weighted by atomic mass is 10.1. The second-order valence-electron chi connectivity index (χ2n) is 4.40. The Hall–Kier alpha value is -1.88. The number of aryl methyl sites for hydroxylation is 1. The molecule has 0 aliphatic rings. The van der Waals surface area contributed by atoms with E-state index in [1.54, 1.807) is 7.05 Å². The van der Waals surface area contributed by atoms with Crippen LogP contribution < -0.4 is 5.73 Å². The summed E-state index contributed by atoms with van der Waals surface area (Å²) in [6, 6.07) is 9.23. The van der Waals surface area contributed by atoms with E-state index in [1.165, 1.54) is 12.0 Å². The van der Waals surface area contributed by atoms with Crippen molar-refractivity contribution in [3.8, 4) is 0 Å². The summed E-state index contributed by atoms with van der Waals surface area (Å²) in [5.74, 6) is -0.701. The van der Waals surface area contributed by atoms with Gasteiger partial charge in [-0.3, -0.25) is 9.59 Å². The second kappa shape index (κ2) is 7.53. The number of carbonyl (C=O) groups excluding carboxylic acids is 2. The topological polar surface area (TPSA) is 72.6 Å². The number of amides is 1. The molecular weight excluding hydrogens is 244 g/mol. The Labute approximate surface area is 113 Å². The van der Waals surface area contributed by atoms with Crippen LogP contribution in [0, 0.1) is 0 Å². The summed E-state index contributed by atoms with van der Waals surface area (Å²) < 4.78 is 4.51. The van der Waals surface area contributed by atoms with E-state index >= 15 is 0 Å². The first-order valence-electron chi connectivity index (χ1n) is 6.16. The van der Waals surface area contributed by atoms with Gasteiger partial charge in [-0.1, -0.05) is 30.3 Å². The molecule has 0 saturated carbocycles. The van der Waals surface area contributed by atoms with E-state index < -0.39 is 12.0 Å². The predicted molar refractivity (Wildman–Crippen MR) is 72.4 cm³/mol. The van der Waals surface area contributed by atoms with Crippen LogP contribution in [-0.2, 0) is 20.7 Å². The minimum absolute atomic E-state index is 0.0750. The van der Waals surface area contributed by atoms with Crippen LogP contribution in [0.5, 0.6) is 0 Å². The summed E-state index contributed by atoms with van der Waals surface area (Å²) in [6.07, 6.45) is 1.29. The Kier molecular flexibility index (Phi) is 6.02. The van der Waals surface area contributed by atoms with Crippen LogP contribution in [0.25, 0.3) is 0 Å². The van der Waals surface area contributed by atoms with Crippen LogP contribution in [0.2, 0.25) is 0 Å². The number of benzene rings is 1. The molecule has 1 aromatic rings. The molecule has 1 unspecified atom stereocenters. The van der Waals surface area contributed by atoms with E-state index in [1.807, 2.05) is 30.3 Å². The van der Waals surface area contributed by atoms with Gasteiger partial charge in [-0.25, -0.2) is 0 Å². The van der Waals surface area contributed by atoms with Crippen LogP contribution >= 0.6 is 0 Å². The molecule has 0 aromatic heterocycles. The molecule has 1 atom stereocenters. The molecule has 0 saturated heterocycles. The van der Waals surface area contributed by atoms with Crippen molar-refractivity contribution in [3.63, 3.8) is 0 Å². The number of rotatable bonds is 6. The van der Waals surface area contributed by atoms with Crippen molar-refractivity contribution in [2.75, 3.05) is 20.7 Å². The molecule has 0 fully saturated rings. The average Bonchev–Trinajstić information content (AvgIpc) is 2.44. The van der Waals surface area contributed by atoms with Gasteiger partial charge in [-0.2, -0.15) is 0 Å². The summed E-state index contributed by atoms with van der Waals surface area (Å²) in [4.78, 5) is 24.3. The van der Waals surface area contributed by atoms with Crippen LogP contribution in [-0.4, -0.2) is 43.5 Å². The highest BCUT2D eigenvalue weighted by atomic mass is 16.5. The van der Waals surface area contributed by atoms with Gasteiger partial charge in [-0.15, -0.1) is 0 Å². The molecule has 104 valence electrons. The van der Waals surface area contributed by atoms with Crippen molar-refractivity contribution < 1.29 is 14.3 Å². The number of methoxy groups -OCH3 is 1. The van der Waals surface area contributed by atoms with E-state index in [-0.39, 0.29) is 12.5 Å². The van der Waals surface area contributed by atoms with E-state index in [0.717, 1.165) is 12.0 Å². The zero-order valence-electron chi connectivity index (χ0n) is 11.3. The van der Waals surface area contributed by atoms with Crippen molar-refractivity contribution in [1.29, 1.82) is 0 Å². The Morgan fingerprint density at radius 3 is 2.53 bits per heavy atom. The summed E-state index contributed by atoms with van der Waals surface area (Å²) in [5.41, 5.74) is 6.98. The number of esters is 1. The summed E-state index contributed by atoms with van der Waals surface area (Å²) in [5, 5.41) is 0. The number of nitrogens with two attached hydrogens (primary N) is 1. The zero-order valence-corrected chi connectivity index (χ0v) is 11.3. The number of likely N-dealkylation sites (N-methyl/N-ethyl adjacent to an activating group) is 1. The third kappa shape index (κ3) is 5.09. The van der Waals surface area contributed by atoms with Crippen molar-refractivity contribution in [3.05, 3.63) is 35.9 Å². The maximum absolute atomic E-state index is 11.9. The summed E-state index contributed by atoms with van der Waals surface area (Å²) >= 11 is 0. The fraction of sp³-hybridized carbons (Fsp3) is 0.429. The molecule has 5 nitrogen and oxygen atoms in total. The van der Waals surface area contributed by atoms with Crippen molar-refractivity contribution >= 4 is 11.9 Å². The third-order valence-corrected chi connectivity index (χ3v) is 2.87. The van der Waals surface area contributed by atoms with Gasteiger partial charge in [-0.05, 0) is 18.4 Å². The smallest absolute Gasteiger partial charge is 0.325 e. The summed E-state index contributed by atoms with van der Waals surface area (Å²) in [7, 11) is 2.83. The highest BCUT2D eigenvalue weighted by Crippen LogP contribution is 2.05. The van der Waals surface area contributed by atoms with E-state index in [9.17, 15) is 9.59 Å². The van der Waals surface area contributed by atoms with Crippen LogP contribution in [0.3, 0.4) is 0 Å². The predicted octanol–water partition coefficient (Wildman–Crippen LogP) is 0.578. The number of hydrogen-bond donors (Lipinski definition) is 1. The normalized spacial score (nSPS) is 11.7. The van der Waals surface area contributed by atoms with Crippen LogP contribution in [0.15, 0.2) is 30.3 Å². The molecule has 0 radical (unpaired) electrons. The first-order valence-corrected chi connectivity index (χ1v) is 6.16. The largest absolute Gasteiger partial charge is 0.468 e. The van der Waals surface area contributed by atoms with Gasteiger partial charge >= 0.3 is 5.97 Å². The molecule has 0 bridgehead atoms. The molecule has 19 heavy (non-hydrogen) atoms. The van der Waals surface area contributed by atoms with Crippen LogP contribution in [0.1, 0.15) is 12.0 Å². The Balaban J connectivity index is 2.42. The van der Waals surface area contributed by atoms with Gasteiger partial charge < -0.3 is 15.4 Å². The van der Waals surface area contributed by atoms with Crippen molar-refractivity contribution in [1.82, 2.24) is 4.90 Å². The standard InChI is InChI=1S/C14H20N2O3/c1-16(10-13(17)19-2)14(18)12(15)9-8-11-6-4-3-5-7-11/h3-7,12H,8-10,15H2,1-2H3. The van der Waals surface area contributed by atoms with Gasteiger partial charge in [0.2, 0.25) is 5.91 Å². The molecular formula is C14H20N2O3. The molecule has 0 aliphatic heterocycles. The maximum atomic E-state index is 11.9. The van der Waals surface area contributed by atoms with E-state index in [0.29, 0.717) is 6.42 Å². The second-order valence-corrected chi connectivity index (χ2v) is 4.40. The first kappa shape index (κ1) is 15.2. The van der Waals surface area contributed by atoms with Gasteiger partial charge in [0.1, 0.15) is 6.54 Å². The quantitative estimate of drug-likeness (QED) is 0.763. The summed E-state index contributed by atoms with van der Waals surface area (Å²) in [6.45, 7) is -0.0750. The number of ether oxygens (including phenoxy) is 1. The monoisotopic (exact) mass is 264 g/mol. The third-order valence-electron chi connectivity index (χ3n) is 2.87. The lowest BCUT2D eigenvalue weighted by molar-refractivity contribution is -0.146. The maximum Gasteiger partial charge on any atom is 0.325 e. The molecule has 1 rings (SSSR count). The van der Waals surface area contributed by atoms with Crippen molar-refractivity contribution in [2.24, 2.45) is 5.73 Å². The first-order chi connectivity index (χ1) is 9.04. The minimum Gasteiger partial charge on any atom is -0.468 e. The zero-order chi connectivity index (χ0) is 14.3. The Bertz CT molecular complexity index is 420. The Morgan fingerprint density at radius 2 is 1.95 bits per heavy atom. The molecule has 1 amide bonds. The molecule has 1 aromatic carbocycles. The fourth-order valence-corrected chi connectivity index (χ4v) is 1.71. The molecule has 5 heteroatoms. The molecule has 0 aliphatic carbocycles.